The average Bonchev–Trinajstić information content (AvgIpc) is 2.70. The lowest BCUT2D eigenvalue weighted by Crippen LogP contribution is -2.40. The summed E-state index contributed by atoms with van der Waals surface area (Å²) < 4.78 is 92.9. The van der Waals surface area contributed by atoms with Gasteiger partial charge in [-0.25, -0.2) is 0 Å². The lowest BCUT2D eigenvalue weighted by atomic mass is 10.1. The summed E-state index contributed by atoms with van der Waals surface area (Å²) in [7, 11) is 4.01. The van der Waals surface area contributed by atoms with Crippen LogP contribution in [0.5, 0.6) is 17.2 Å². The Morgan fingerprint density at radius 1 is 0.938 bits per heavy atom. The second-order valence-corrected chi connectivity index (χ2v) is 7.66. The molecule has 0 spiro atoms. The normalized spacial score (nSPS) is 12.9. The molecule has 0 aliphatic heterocycles. The van der Waals surface area contributed by atoms with E-state index >= 15 is 0 Å². The van der Waals surface area contributed by atoms with Crippen LogP contribution in [0, 0.1) is 0 Å². The van der Waals surface area contributed by atoms with Crippen molar-refractivity contribution in [1.82, 2.24) is 0 Å². The molecule has 0 bridgehead atoms. The monoisotopic (exact) mass is 485 g/mol. The fourth-order valence-electron chi connectivity index (χ4n) is 2.88. The van der Waals surface area contributed by atoms with E-state index in [-0.39, 0.29) is 46.1 Å². The largest absolute Gasteiger partial charge is 0.493 e. The summed E-state index contributed by atoms with van der Waals surface area (Å²) in [5, 5.41) is 9.65. The molecule has 0 amide bonds. The summed E-state index contributed by atoms with van der Waals surface area (Å²) in [6, 6.07) is 8.10. The van der Waals surface area contributed by atoms with E-state index in [1.807, 2.05) is 0 Å². The first kappa shape index (κ1) is 25.8. The number of aliphatic hydroxyl groups is 1. The number of benzene rings is 2. The number of methoxy groups -OCH3 is 3. The second-order valence-electron chi connectivity index (χ2n) is 6.52. The van der Waals surface area contributed by atoms with Crippen molar-refractivity contribution < 1.29 is 45.7 Å². The lowest BCUT2D eigenvalue weighted by molar-refractivity contribution is -0.200. The number of halogens is 6. The molecule has 0 radical (unpaired) electrons. The molecule has 0 unspecified atom stereocenters. The van der Waals surface area contributed by atoms with Crippen LogP contribution in [0.4, 0.5) is 32.0 Å². The van der Waals surface area contributed by atoms with Gasteiger partial charge in [0.25, 0.3) is 0 Å². The van der Waals surface area contributed by atoms with Crippen LogP contribution in [0.25, 0.3) is 0 Å². The minimum absolute atomic E-state index is 0.115. The number of aliphatic hydroxyl groups excluding tert-OH is 1. The number of anilines is 1. The standard InChI is InChI=1S/C20H21F6NO4S/c1-29-15-8-13(9-16(30-2)18(15)31-3)27(11-17(28)19(21,22)23)10-12-5-4-6-14(7-12)32-20(24,25)26/h4-9,17,28H,10-11H2,1-3H3/t17-/m1/s1. The van der Waals surface area contributed by atoms with Gasteiger partial charge < -0.3 is 24.2 Å². The van der Waals surface area contributed by atoms with Crippen LogP contribution in [0.1, 0.15) is 5.56 Å². The zero-order valence-electron chi connectivity index (χ0n) is 17.3. The summed E-state index contributed by atoms with van der Waals surface area (Å²) in [6.07, 6.45) is -7.60. The van der Waals surface area contributed by atoms with Crippen molar-refractivity contribution >= 4 is 17.4 Å². The summed E-state index contributed by atoms with van der Waals surface area (Å²) in [6.45, 7) is -1.10. The molecule has 2 aromatic rings. The van der Waals surface area contributed by atoms with Crippen LogP contribution in [0.2, 0.25) is 0 Å². The van der Waals surface area contributed by atoms with Crippen molar-refractivity contribution in [1.29, 1.82) is 0 Å². The molecule has 0 aliphatic rings. The molecule has 12 heteroatoms. The number of ether oxygens (including phenoxy) is 3. The van der Waals surface area contributed by atoms with Gasteiger partial charge in [0.05, 0.1) is 27.9 Å². The van der Waals surface area contributed by atoms with Gasteiger partial charge in [-0.3, -0.25) is 0 Å². The van der Waals surface area contributed by atoms with Crippen LogP contribution in [0.15, 0.2) is 41.3 Å². The zero-order valence-corrected chi connectivity index (χ0v) is 18.1. The molecule has 1 atom stereocenters. The molecule has 0 fully saturated rings. The van der Waals surface area contributed by atoms with Crippen LogP contribution in [-0.4, -0.2) is 50.8 Å². The molecule has 2 aromatic carbocycles. The van der Waals surface area contributed by atoms with E-state index in [9.17, 15) is 31.4 Å². The topological polar surface area (TPSA) is 51.2 Å². The molecule has 0 aliphatic carbocycles. The van der Waals surface area contributed by atoms with Crippen molar-refractivity contribution in [2.24, 2.45) is 0 Å². The van der Waals surface area contributed by atoms with Crippen molar-refractivity contribution in [2.45, 2.75) is 29.2 Å². The molecule has 32 heavy (non-hydrogen) atoms. The third kappa shape index (κ3) is 7.02. The lowest BCUT2D eigenvalue weighted by Gasteiger charge is -2.29. The Balaban J connectivity index is 2.47. The van der Waals surface area contributed by atoms with Gasteiger partial charge in [-0.1, -0.05) is 12.1 Å². The first-order valence-corrected chi connectivity index (χ1v) is 9.84. The van der Waals surface area contributed by atoms with E-state index in [4.69, 9.17) is 14.2 Å². The summed E-state index contributed by atoms with van der Waals surface area (Å²) >= 11 is -0.331. The van der Waals surface area contributed by atoms with E-state index in [1.54, 1.807) is 0 Å². The van der Waals surface area contributed by atoms with Crippen LogP contribution in [-0.2, 0) is 6.54 Å². The fraction of sp³-hybridized carbons (Fsp3) is 0.400. The van der Waals surface area contributed by atoms with Gasteiger partial charge in [-0.2, -0.15) is 26.3 Å². The highest BCUT2D eigenvalue weighted by atomic mass is 32.2. The molecule has 0 heterocycles. The minimum atomic E-state index is -4.90. The fourth-order valence-corrected chi connectivity index (χ4v) is 3.51. The minimum Gasteiger partial charge on any atom is -0.493 e. The molecule has 0 saturated carbocycles. The Bertz CT molecular complexity index is 881. The van der Waals surface area contributed by atoms with Crippen LogP contribution < -0.4 is 19.1 Å². The highest BCUT2D eigenvalue weighted by molar-refractivity contribution is 8.00. The van der Waals surface area contributed by atoms with Gasteiger partial charge >= 0.3 is 11.7 Å². The maximum Gasteiger partial charge on any atom is 0.446 e. The molecular formula is C20H21F6NO4S. The van der Waals surface area contributed by atoms with Crippen LogP contribution in [0.3, 0.4) is 0 Å². The molecule has 2 rings (SSSR count). The first-order valence-electron chi connectivity index (χ1n) is 9.02. The van der Waals surface area contributed by atoms with Gasteiger partial charge in [0.2, 0.25) is 5.75 Å². The first-order chi connectivity index (χ1) is 14.9. The average molecular weight is 485 g/mol. The molecule has 178 valence electrons. The number of hydrogen-bond acceptors (Lipinski definition) is 6. The highest BCUT2D eigenvalue weighted by Crippen LogP contribution is 2.42. The van der Waals surface area contributed by atoms with E-state index in [0.29, 0.717) is 5.56 Å². The molecular weight excluding hydrogens is 464 g/mol. The van der Waals surface area contributed by atoms with Crippen molar-refractivity contribution in [2.75, 3.05) is 32.8 Å². The van der Waals surface area contributed by atoms with Gasteiger partial charge in [-0.15, -0.1) is 0 Å². The third-order valence-electron chi connectivity index (χ3n) is 4.29. The summed E-state index contributed by atoms with van der Waals surface area (Å²) in [4.78, 5) is 1.05. The predicted octanol–water partition coefficient (Wildman–Crippen LogP) is 5.25. The number of hydrogen-bond donors (Lipinski definition) is 1. The number of rotatable bonds is 9. The Hall–Kier alpha value is -2.47. The van der Waals surface area contributed by atoms with Crippen molar-refractivity contribution in [3.05, 3.63) is 42.0 Å². The molecule has 5 nitrogen and oxygen atoms in total. The maximum atomic E-state index is 13.0. The molecule has 0 aromatic heterocycles. The van der Waals surface area contributed by atoms with Gasteiger partial charge in [0.15, 0.2) is 17.6 Å². The number of nitrogens with zero attached hydrogens (tertiary/aromatic N) is 1. The Morgan fingerprint density at radius 3 is 2.00 bits per heavy atom. The summed E-state index contributed by atoms with van der Waals surface area (Å²) in [5.41, 5.74) is -4.03. The number of alkyl halides is 6. The Morgan fingerprint density at radius 2 is 1.53 bits per heavy atom. The molecule has 0 saturated heterocycles. The van der Waals surface area contributed by atoms with Gasteiger partial charge in [-0.05, 0) is 29.5 Å². The SMILES string of the molecule is COc1cc(N(Cc2cccc(SC(F)(F)F)c2)C[C@@H](O)C(F)(F)F)cc(OC)c1OC. The van der Waals surface area contributed by atoms with Gasteiger partial charge in [0.1, 0.15) is 0 Å². The zero-order chi connectivity index (χ0) is 24.1. The number of thioether (sulfide) groups is 1. The predicted molar refractivity (Wildman–Crippen MR) is 108 cm³/mol. The summed E-state index contributed by atoms with van der Waals surface area (Å²) in [5.74, 6) is 0.531. The van der Waals surface area contributed by atoms with Crippen LogP contribution >= 0.6 is 11.8 Å². The van der Waals surface area contributed by atoms with E-state index in [2.05, 4.69) is 0 Å². The quantitative estimate of drug-likeness (QED) is 0.387. The van der Waals surface area contributed by atoms with E-state index in [0.717, 1.165) is 0 Å². The van der Waals surface area contributed by atoms with Crippen molar-refractivity contribution in [3.63, 3.8) is 0 Å². The Kier molecular flexibility index (Phi) is 8.41. The van der Waals surface area contributed by atoms with E-state index in [1.165, 1.54) is 62.6 Å². The molecule has 1 N–H and O–H groups in total. The smallest absolute Gasteiger partial charge is 0.446 e. The Labute approximate surface area is 184 Å². The second kappa shape index (κ2) is 10.4. The van der Waals surface area contributed by atoms with Gasteiger partial charge in [0, 0.05) is 29.3 Å². The highest BCUT2D eigenvalue weighted by Gasteiger charge is 2.39. The van der Waals surface area contributed by atoms with E-state index < -0.39 is 24.3 Å². The maximum absolute atomic E-state index is 13.0. The van der Waals surface area contributed by atoms with Crippen molar-refractivity contribution in [3.8, 4) is 17.2 Å². The third-order valence-corrected chi connectivity index (χ3v) is 5.01.